The summed E-state index contributed by atoms with van der Waals surface area (Å²) in [5.41, 5.74) is 9.61. The van der Waals surface area contributed by atoms with E-state index in [9.17, 15) is 9.90 Å². The maximum Gasteiger partial charge on any atom is 0.242 e. The van der Waals surface area contributed by atoms with Crippen LogP contribution in [0, 0.1) is 5.92 Å². The second-order valence-electron chi connectivity index (χ2n) is 9.01. The molecule has 3 aromatic rings. The average molecular weight is 458 g/mol. The van der Waals surface area contributed by atoms with E-state index in [1.54, 1.807) is 6.07 Å². The third kappa shape index (κ3) is 4.27. The van der Waals surface area contributed by atoms with Crippen LogP contribution < -0.4 is 15.6 Å². The van der Waals surface area contributed by atoms with Gasteiger partial charge in [0, 0.05) is 18.0 Å². The van der Waals surface area contributed by atoms with Crippen LogP contribution in [0.1, 0.15) is 42.1 Å². The van der Waals surface area contributed by atoms with Crippen molar-refractivity contribution in [3.63, 3.8) is 0 Å². The van der Waals surface area contributed by atoms with Gasteiger partial charge in [0.05, 0.1) is 18.7 Å². The van der Waals surface area contributed by atoms with Gasteiger partial charge in [-0.3, -0.25) is 4.79 Å². The summed E-state index contributed by atoms with van der Waals surface area (Å²) >= 11 is 0. The Bertz CT molecular complexity index is 1120. The van der Waals surface area contributed by atoms with Gasteiger partial charge in [0.15, 0.2) is 0 Å². The molecule has 4 unspecified atom stereocenters. The van der Waals surface area contributed by atoms with Gasteiger partial charge >= 0.3 is 0 Å². The molecule has 3 N–H and O–H groups in total. The third-order valence-corrected chi connectivity index (χ3v) is 6.86. The number of aromatic hydroxyl groups is 1. The van der Waals surface area contributed by atoms with Gasteiger partial charge in [0.25, 0.3) is 0 Å². The van der Waals surface area contributed by atoms with Crippen molar-refractivity contribution >= 4 is 5.91 Å². The fourth-order valence-corrected chi connectivity index (χ4v) is 5.24. The molecule has 2 aliphatic heterocycles. The lowest BCUT2D eigenvalue weighted by Gasteiger charge is -2.31. The number of phenolic OH excluding ortho intramolecular Hbond substituents is 1. The van der Waals surface area contributed by atoms with E-state index in [-0.39, 0.29) is 35.7 Å². The molecule has 4 atom stereocenters. The molecule has 6 nitrogen and oxygen atoms in total. The van der Waals surface area contributed by atoms with Gasteiger partial charge < -0.3 is 14.7 Å². The zero-order chi connectivity index (χ0) is 23.5. The summed E-state index contributed by atoms with van der Waals surface area (Å²) in [7, 11) is 0. The number of ether oxygens (including phenoxy) is 1. The van der Waals surface area contributed by atoms with Crippen molar-refractivity contribution in [2.45, 2.75) is 37.9 Å². The summed E-state index contributed by atoms with van der Waals surface area (Å²) in [6, 6.07) is 25.1. The van der Waals surface area contributed by atoms with E-state index in [0.29, 0.717) is 13.2 Å². The number of benzene rings is 3. The molecule has 2 fully saturated rings. The van der Waals surface area contributed by atoms with Gasteiger partial charge in [-0.25, -0.2) is 10.9 Å². The highest BCUT2D eigenvalue weighted by molar-refractivity contribution is 5.86. The number of fused-ring (bicyclic) bond motifs is 1. The molecular formula is C28H31N3O3. The Morgan fingerprint density at radius 2 is 1.62 bits per heavy atom. The Hall–Kier alpha value is -3.35. The maximum absolute atomic E-state index is 13.6. The number of hydrogen-bond acceptors (Lipinski definition) is 5. The van der Waals surface area contributed by atoms with E-state index in [1.165, 1.54) is 5.56 Å². The smallest absolute Gasteiger partial charge is 0.242 e. The first kappa shape index (κ1) is 22.4. The lowest BCUT2D eigenvalue weighted by atomic mass is 9.83. The van der Waals surface area contributed by atoms with Gasteiger partial charge in [-0.15, -0.1) is 0 Å². The molecule has 2 heterocycles. The van der Waals surface area contributed by atoms with E-state index < -0.39 is 0 Å². The Morgan fingerprint density at radius 1 is 0.912 bits per heavy atom. The SMILES string of the molecule is CCCOc1ccc(C2C3C(NNC3c3ccccc3O)C(=O)N2CCc2ccccc2)cc1. The third-order valence-electron chi connectivity index (χ3n) is 6.86. The molecular weight excluding hydrogens is 426 g/mol. The molecule has 0 spiro atoms. The van der Waals surface area contributed by atoms with Crippen LogP contribution in [0.5, 0.6) is 11.5 Å². The molecule has 1 amide bonds. The fourth-order valence-electron chi connectivity index (χ4n) is 5.24. The first-order valence-corrected chi connectivity index (χ1v) is 12.0. The molecule has 0 bridgehead atoms. The Morgan fingerprint density at radius 3 is 2.35 bits per heavy atom. The number of nitrogens with zero attached hydrogens (tertiary/aromatic N) is 1. The highest BCUT2D eigenvalue weighted by atomic mass is 16.5. The van der Waals surface area contributed by atoms with Crippen LogP contribution in [-0.4, -0.2) is 35.1 Å². The standard InChI is InChI=1S/C28H31N3O3/c1-2-18-34-21-14-12-20(13-15-21)27-24-25(22-10-6-7-11-23(22)32)29-30-26(24)28(33)31(27)17-16-19-8-4-3-5-9-19/h3-15,24-27,29-30,32H,2,16-18H2,1H3. The fraction of sp³-hybridized carbons (Fsp3) is 0.321. The van der Waals surface area contributed by atoms with Crippen molar-refractivity contribution in [2.24, 2.45) is 5.92 Å². The van der Waals surface area contributed by atoms with Crippen molar-refractivity contribution in [3.05, 3.63) is 95.6 Å². The van der Waals surface area contributed by atoms with Crippen molar-refractivity contribution in [2.75, 3.05) is 13.2 Å². The highest BCUT2D eigenvalue weighted by Gasteiger charge is 2.55. The van der Waals surface area contributed by atoms with E-state index in [2.05, 4.69) is 42.0 Å². The van der Waals surface area contributed by atoms with E-state index in [4.69, 9.17) is 4.74 Å². The minimum atomic E-state index is -0.360. The Kier molecular flexibility index (Phi) is 6.52. The van der Waals surface area contributed by atoms with Crippen LogP contribution in [0.25, 0.3) is 0 Å². The zero-order valence-electron chi connectivity index (χ0n) is 19.4. The van der Waals surface area contributed by atoms with Crippen molar-refractivity contribution in [1.29, 1.82) is 0 Å². The predicted molar refractivity (Wildman–Crippen MR) is 131 cm³/mol. The van der Waals surface area contributed by atoms with Crippen molar-refractivity contribution in [1.82, 2.24) is 15.8 Å². The predicted octanol–water partition coefficient (Wildman–Crippen LogP) is 4.14. The number of rotatable bonds is 8. The molecule has 0 aromatic heterocycles. The van der Waals surface area contributed by atoms with Gasteiger partial charge in [-0.2, -0.15) is 0 Å². The van der Waals surface area contributed by atoms with E-state index in [1.807, 2.05) is 53.4 Å². The minimum absolute atomic E-state index is 0.0704. The monoisotopic (exact) mass is 457 g/mol. The van der Waals surface area contributed by atoms with E-state index >= 15 is 0 Å². The minimum Gasteiger partial charge on any atom is -0.508 e. The first-order chi connectivity index (χ1) is 16.7. The number of hydrogen-bond donors (Lipinski definition) is 3. The molecule has 34 heavy (non-hydrogen) atoms. The van der Waals surface area contributed by atoms with E-state index in [0.717, 1.165) is 29.7 Å². The molecule has 0 saturated carbocycles. The first-order valence-electron chi connectivity index (χ1n) is 12.0. The molecule has 3 aromatic carbocycles. The number of amides is 1. The second-order valence-corrected chi connectivity index (χ2v) is 9.01. The van der Waals surface area contributed by atoms with Crippen LogP contribution >= 0.6 is 0 Å². The quantitative estimate of drug-likeness (QED) is 0.474. The summed E-state index contributed by atoms with van der Waals surface area (Å²) in [5.74, 6) is 1.09. The largest absolute Gasteiger partial charge is 0.508 e. The summed E-state index contributed by atoms with van der Waals surface area (Å²) in [6.07, 6.45) is 1.74. The summed E-state index contributed by atoms with van der Waals surface area (Å²) in [5, 5.41) is 10.6. The van der Waals surface area contributed by atoms with Crippen LogP contribution in [0.4, 0.5) is 0 Å². The molecule has 176 valence electrons. The maximum atomic E-state index is 13.6. The Labute approximate surface area is 200 Å². The summed E-state index contributed by atoms with van der Waals surface area (Å²) in [4.78, 5) is 15.6. The molecule has 0 aliphatic carbocycles. The molecule has 2 saturated heterocycles. The van der Waals surface area contributed by atoms with Gasteiger partial charge in [0.2, 0.25) is 5.91 Å². The van der Waals surface area contributed by atoms with Gasteiger partial charge in [0.1, 0.15) is 17.5 Å². The zero-order valence-corrected chi connectivity index (χ0v) is 19.4. The number of carbonyl (C=O) groups excluding carboxylic acids is 1. The summed E-state index contributed by atoms with van der Waals surface area (Å²) < 4.78 is 5.78. The van der Waals surface area contributed by atoms with Gasteiger partial charge in [-0.1, -0.05) is 67.6 Å². The lowest BCUT2D eigenvalue weighted by molar-refractivity contribution is -0.130. The molecule has 5 rings (SSSR count). The number of hydrazine groups is 1. The number of phenols is 1. The highest BCUT2D eigenvalue weighted by Crippen LogP contribution is 2.48. The number of para-hydroxylation sites is 1. The van der Waals surface area contributed by atoms with Crippen molar-refractivity contribution < 1.29 is 14.6 Å². The topological polar surface area (TPSA) is 73.8 Å². The van der Waals surface area contributed by atoms with Crippen LogP contribution in [0.15, 0.2) is 78.9 Å². The van der Waals surface area contributed by atoms with Crippen LogP contribution in [0.2, 0.25) is 0 Å². The normalized spacial score (nSPS) is 23.8. The number of likely N-dealkylation sites (tertiary alicyclic amines) is 1. The molecule has 6 heteroatoms. The number of nitrogens with one attached hydrogen (secondary N) is 2. The molecule has 0 radical (unpaired) electrons. The summed E-state index contributed by atoms with van der Waals surface area (Å²) in [6.45, 7) is 3.39. The molecule has 2 aliphatic rings. The van der Waals surface area contributed by atoms with Gasteiger partial charge in [-0.05, 0) is 42.2 Å². The van der Waals surface area contributed by atoms with Crippen LogP contribution in [0.3, 0.4) is 0 Å². The number of carbonyl (C=O) groups is 1. The second kappa shape index (κ2) is 9.87. The Balaban J connectivity index is 1.48. The van der Waals surface area contributed by atoms with Crippen molar-refractivity contribution in [3.8, 4) is 11.5 Å². The lowest BCUT2D eigenvalue weighted by Crippen LogP contribution is -2.42. The van der Waals surface area contributed by atoms with Crippen LogP contribution in [-0.2, 0) is 11.2 Å². The average Bonchev–Trinajstić information content (AvgIpc) is 3.41.